The maximum Gasteiger partial charge on any atom is 0.311 e. The van der Waals surface area contributed by atoms with E-state index in [0.29, 0.717) is 12.3 Å². The number of carbonyl (C=O) groups is 2. The summed E-state index contributed by atoms with van der Waals surface area (Å²) >= 11 is 0. The minimum Gasteiger partial charge on any atom is -0.469 e. The highest BCUT2D eigenvalue weighted by Crippen LogP contribution is 2.43. The first-order chi connectivity index (χ1) is 12.8. The molecule has 5 nitrogen and oxygen atoms in total. The van der Waals surface area contributed by atoms with E-state index in [0.717, 1.165) is 44.9 Å². The molecule has 0 aromatic carbocycles. The Morgan fingerprint density at radius 1 is 1.07 bits per heavy atom. The second-order valence-corrected chi connectivity index (χ2v) is 8.64. The van der Waals surface area contributed by atoms with Gasteiger partial charge in [0, 0.05) is 0 Å². The van der Waals surface area contributed by atoms with Crippen LogP contribution in [0, 0.1) is 17.8 Å². The van der Waals surface area contributed by atoms with E-state index < -0.39 is 0 Å². The van der Waals surface area contributed by atoms with Gasteiger partial charge >= 0.3 is 11.9 Å². The lowest BCUT2D eigenvalue weighted by Gasteiger charge is -2.27. The summed E-state index contributed by atoms with van der Waals surface area (Å²) in [7, 11) is 2.89. The normalized spacial score (nSPS) is 34.0. The lowest BCUT2D eigenvalue weighted by Crippen LogP contribution is -2.32. The zero-order chi connectivity index (χ0) is 20.0. The predicted molar refractivity (Wildman–Crippen MR) is 104 cm³/mol. The van der Waals surface area contributed by atoms with E-state index >= 15 is 0 Å². The Morgan fingerprint density at radius 2 is 1.78 bits per heavy atom. The maximum atomic E-state index is 12.4. The average Bonchev–Trinajstić information content (AvgIpc) is 2.94. The third kappa shape index (κ3) is 5.81. The Bertz CT molecular complexity index is 551. The van der Waals surface area contributed by atoms with Gasteiger partial charge in [-0.15, -0.1) is 0 Å². The highest BCUT2D eigenvalue weighted by molar-refractivity contribution is 5.73. The number of hydrogen-bond donors (Lipinski definition) is 0. The lowest BCUT2D eigenvalue weighted by molar-refractivity contribution is -0.153. The van der Waals surface area contributed by atoms with Crippen molar-refractivity contribution in [2.24, 2.45) is 17.8 Å². The monoisotopic (exact) mass is 380 g/mol. The zero-order valence-electron chi connectivity index (χ0n) is 17.6. The van der Waals surface area contributed by atoms with Crippen LogP contribution in [0.1, 0.15) is 72.1 Å². The molecule has 0 aromatic heterocycles. The van der Waals surface area contributed by atoms with Crippen molar-refractivity contribution in [3.8, 4) is 0 Å². The summed E-state index contributed by atoms with van der Waals surface area (Å²) in [5.41, 5.74) is 1.13. The summed E-state index contributed by atoms with van der Waals surface area (Å²) in [6.45, 7) is 6.43. The third-order valence-electron chi connectivity index (χ3n) is 6.41. The molecule has 27 heavy (non-hydrogen) atoms. The van der Waals surface area contributed by atoms with Gasteiger partial charge in [-0.1, -0.05) is 18.1 Å². The number of allylic oxidation sites excluding steroid dienone is 2. The maximum absolute atomic E-state index is 12.4. The van der Waals surface area contributed by atoms with E-state index in [1.807, 2.05) is 0 Å². The lowest BCUT2D eigenvalue weighted by atomic mass is 9.82. The van der Waals surface area contributed by atoms with E-state index in [-0.39, 0.29) is 35.5 Å². The standard InChI is InChI=1S/C22H36O5/c1-15-8-6-9-16(20(23)25-4)10-7-11-18(21(24)26-5)19-14-17(13-12-15)22(2,3)27-19/h8,16-19H,6-7,9-14H2,1-5H3/b15-8-/t16-,17?,18-,19-/m0/s1. The molecule has 154 valence electrons. The first kappa shape index (κ1) is 21.9. The van der Waals surface area contributed by atoms with Crippen LogP contribution in [0.5, 0.6) is 0 Å². The molecular formula is C22H36O5. The van der Waals surface area contributed by atoms with Crippen molar-refractivity contribution in [3.63, 3.8) is 0 Å². The summed E-state index contributed by atoms with van der Waals surface area (Å²) < 4.78 is 16.4. The Hall–Kier alpha value is -1.36. The van der Waals surface area contributed by atoms with E-state index in [9.17, 15) is 9.59 Å². The molecule has 0 saturated carbocycles. The Kier molecular flexibility index (Phi) is 7.90. The predicted octanol–water partition coefficient (Wildman–Crippen LogP) is 4.44. The molecule has 4 atom stereocenters. The number of rotatable bonds is 2. The fraction of sp³-hybridized carbons (Fsp3) is 0.818. The molecule has 1 unspecified atom stereocenters. The number of methoxy groups -OCH3 is 2. The highest BCUT2D eigenvalue weighted by atomic mass is 16.5. The van der Waals surface area contributed by atoms with Gasteiger partial charge < -0.3 is 14.2 Å². The number of esters is 2. The van der Waals surface area contributed by atoms with Gasteiger partial charge in [-0.2, -0.15) is 0 Å². The van der Waals surface area contributed by atoms with Crippen LogP contribution in [0.4, 0.5) is 0 Å². The summed E-state index contributed by atoms with van der Waals surface area (Å²) in [6, 6.07) is 0. The Labute approximate surface area is 163 Å². The quantitative estimate of drug-likeness (QED) is 0.523. The fourth-order valence-corrected chi connectivity index (χ4v) is 4.58. The second-order valence-electron chi connectivity index (χ2n) is 8.64. The zero-order valence-corrected chi connectivity index (χ0v) is 17.6. The van der Waals surface area contributed by atoms with Crippen LogP contribution >= 0.6 is 0 Å². The third-order valence-corrected chi connectivity index (χ3v) is 6.41. The largest absolute Gasteiger partial charge is 0.469 e. The number of fused-ring (bicyclic) bond motifs is 2. The summed E-state index contributed by atoms with van der Waals surface area (Å²) in [5, 5.41) is 0. The number of ether oxygens (including phenoxy) is 3. The van der Waals surface area contributed by atoms with Crippen LogP contribution in [0.2, 0.25) is 0 Å². The van der Waals surface area contributed by atoms with Crippen molar-refractivity contribution in [1.82, 2.24) is 0 Å². The van der Waals surface area contributed by atoms with Crippen LogP contribution in [-0.4, -0.2) is 37.9 Å². The van der Waals surface area contributed by atoms with Crippen molar-refractivity contribution in [3.05, 3.63) is 11.6 Å². The first-order valence-corrected chi connectivity index (χ1v) is 10.3. The molecule has 0 N–H and O–H groups in total. The minimum absolute atomic E-state index is 0.110. The van der Waals surface area contributed by atoms with Gasteiger partial charge in [0.2, 0.25) is 0 Å². The molecule has 1 aliphatic heterocycles. The first-order valence-electron chi connectivity index (χ1n) is 10.3. The highest BCUT2D eigenvalue weighted by Gasteiger charge is 2.46. The molecule has 0 radical (unpaired) electrons. The van der Waals surface area contributed by atoms with E-state index in [2.05, 4.69) is 26.8 Å². The van der Waals surface area contributed by atoms with Gasteiger partial charge in [0.05, 0.1) is 37.8 Å². The van der Waals surface area contributed by atoms with Crippen LogP contribution in [0.15, 0.2) is 11.6 Å². The molecule has 1 aliphatic carbocycles. The average molecular weight is 381 g/mol. The van der Waals surface area contributed by atoms with Crippen LogP contribution in [-0.2, 0) is 23.8 Å². The molecule has 2 bridgehead atoms. The Morgan fingerprint density at radius 3 is 2.44 bits per heavy atom. The van der Waals surface area contributed by atoms with Crippen molar-refractivity contribution >= 4 is 11.9 Å². The molecule has 2 rings (SSSR count). The second kappa shape index (κ2) is 9.72. The van der Waals surface area contributed by atoms with Crippen molar-refractivity contribution in [1.29, 1.82) is 0 Å². The fourth-order valence-electron chi connectivity index (χ4n) is 4.58. The van der Waals surface area contributed by atoms with Crippen molar-refractivity contribution in [2.45, 2.75) is 83.8 Å². The van der Waals surface area contributed by atoms with Gasteiger partial charge in [0.1, 0.15) is 0 Å². The van der Waals surface area contributed by atoms with Crippen LogP contribution in [0.3, 0.4) is 0 Å². The number of hydrogen-bond acceptors (Lipinski definition) is 5. The van der Waals surface area contributed by atoms with Gasteiger partial charge in [0.15, 0.2) is 0 Å². The van der Waals surface area contributed by atoms with Gasteiger partial charge in [0.25, 0.3) is 0 Å². The molecule has 0 spiro atoms. The van der Waals surface area contributed by atoms with Crippen molar-refractivity contribution < 1.29 is 23.8 Å². The smallest absolute Gasteiger partial charge is 0.311 e. The van der Waals surface area contributed by atoms with Crippen molar-refractivity contribution in [2.75, 3.05) is 14.2 Å². The summed E-state index contributed by atoms with van der Waals surface area (Å²) in [4.78, 5) is 24.5. The molecule has 5 heteroatoms. The molecule has 2 aliphatic rings. The van der Waals surface area contributed by atoms with E-state index in [4.69, 9.17) is 14.2 Å². The van der Waals surface area contributed by atoms with Gasteiger partial charge in [-0.05, 0) is 71.6 Å². The van der Waals surface area contributed by atoms with Crippen LogP contribution < -0.4 is 0 Å². The van der Waals surface area contributed by atoms with E-state index in [1.165, 1.54) is 19.8 Å². The molecule has 1 fully saturated rings. The SMILES string of the molecule is COC(=O)[C@H]1CC/C=C(/C)CCC2C[C@H](OC2(C)C)[C@@H](C(=O)OC)CCC1. The van der Waals surface area contributed by atoms with E-state index in [1.54, 1.807) is 0 Å². The Balaban J connectivity index is 2.20. The topological polar surface area (TPSA) is 61.8 Å². The summed E-state index contributed by atoms with van der Waals surface area (Å²) in [6.07, 6.45) is 9.00. The number of carbonyl (C=O) groups excluding carboxylic acids is 2. The van der Waals surface area contributed by atoms with Gasteiger partial charge in [-0.25, -0.2) is 0 Å². The van der Waals surface area contributed by atoms with Gasteiger partial charge in [-0.3, -0.25) is 9.59 Å². The van der Waals surface area contributed by atoms with Crippen LogP contribution in [0.25, 0.3) is 0 Å². The molecular weight excluding hydrogens is 344 g/mol. The molecule has 0 amide bonds. The molecule has 1 heterocycles. The molecule has 0 aromatic rings. The minimum atomic E-state index is -0.267. The molecule has 1 saturated heterocycles. The summed E-state index contributed by atoms with van der Waals surface area (Å²) in [5.74, 6) is -0.301.